The third-order valence-electron chi connectivity index (χ3n) is 2.06. The standard InChI is InChI=1S/C10H12ClNO3/c1-15-9(8(12)10(13)14)6-2-4-7(11)5-3-6/h2-5,8-9H,12H2,1H3,(H,13,14)/t8-,9-/m1/s1. The Balaban J connectivity index is 2.92. The van der Waals surface area contributed by atoms with Gasteiger partial charge in [-0.1, -0.05) is 23.7 Å². The number of carboxylic acid groups (broad SMARTS) is 1. The Labute approximate surface area is 92.6 Å². The Kier molecular flexibility index (Phi) is 4.08. The fourth-order valence-electron chi connectivity index (χ4n) is 1.27. The molecule has 0 amide bonds. The summed E-state index contributed by atoms with van der Waals surface area (Å²) < 4.78 is 5.05. The number of methoxy groups -OCH3 is 1. The molecular weight excluding hydrogens is 218 g/mol. The van der Waals surface area contributed by atoms with E-state index in [1.165, 1.54) is 7.11 Å². The van der Waals surface area contributed by atoms with Crippen LogP contribution in [0.1, 0.15) is 11.7 Å². The summed E-state index contributed by atoms with van der Waals surface area (Å²) in [5, 5.41) is 9.35. The van der Waals surface area contributed by atoms with Crippen LogP contribution in [0.15, 0.2) is 24.3 Å². The van der Waals surface area contributed by atoms with Crippen molar-refractivity contribution >= 4 is 17.6 Å². The van der Waals surface area contributed by atoms with Crippen LogP contribution in [0.25, 0.3) is 0 Å². The van der Waals surface area contributed by atoms with Crippen molar-refractivity contribution in [1.82, 2.24) is 0 Å². The molecule has 2 atom stereocenters. The monoisotopic (exact) mass is 229 g/mol. The smallest absolute Gasteiger partial charge is 0.323 e. The van der Waals surface area contributed by atoms with E-state index in [4.69, 9.17) is 27.2 Å². The lowest BCUT2D eigenvalue weighted by molar-refractivity contribution is -0.142. The van der Waals surface area contributed by atoms with Gasteiger partial charge in [-0.15, -0.1) is 0 Å². The van der Waals surface area contributed by atoms with Crippen LogP contribution in [0.3, 0.4) is 0 Å². The first-order valence-electron chi connectivity index (χ1n) is 4.33. The molecule has 0 fully saturated rings. The molecule has 82 valence electrons. The van der Waals surface area contributed by atoms with Gasteiger partial charge in [0.15, 0.2) is 0 Å². The zero-order valence-electron chi connectivity index (χ0n) is 8.18. The molecule has 4 nitrogen and oxygen atoms in total. The first-order chi connectivity index (χ1) is 7.06. The maximum absolute atomic E-state index is 10.7. The van der Waals surface area contributed by atoms with E-state index in [-0.39, 0.29) is 0 Å². The molecule has 5 heteroatoms. The van der Waals surface area contributed by atoms with E-state index in [0.29, 0.717) is 10.6 Å². The summed E-state index contributed by atoms with van der Waals surface area (Å²) in [4.78, 5) is 10.7. The minimum absolute atomic E-state index is 0.581. The second-order valence-electron chi connectivity index (χ2n) is 3.07. The van der Waals surface area contributed by atoms with Crippen LogP contribution in [0.2, 0.25) is 5.02 Å². The van der Waals surface area contributed by atoms with E-state index in [0.717, 1.165) is 0 Å². The van der Waals surface area contributed by atoms with E-state index in [1.807, 2.05) is 0 Å². The Morgan fingerprint density at radius 3 is 2.40 bits per heavy atom. The van der Waals surface area contributed by atoms with Gasteiger partial charge in [-0.3, -0.25) is 4.79 Å². The van der Waals surface area contributed by atoms with Gasteiger partial charge in [0.05, 0.1) is 0 Å². The molecule has 0 aliphatic carbocycles. The fraction of sp³-hybridized carbons (Fsp3) is 0.300. The number of nitrogens with two attached hydrogens (primary N) is 1. The molecule has 0 saturated heterocycles. The van der Waals surface area contributed by atoms with Crippen LogP contribution in [-0.2, 0) is 9.53 Å². The largest absolute Gasteiger partial charge is 0.480 e. The van der Waals surface area contributed by atoms with Gasteiger partial charge < -0.3 is 15.6 Å². The first kappa shape index (κ1) is 12.0. The van der Waals surface area contributed by atoms with Crippen molar-refractivity contribution in [2.45, 2.75) is 12.1 Å². The van der Waals surface area contributed by atoms with Crippen LogP contribution >= 0.6 is 11.6 Å². The van der Waals surface area contributed by atoms with E-state index in [2.05, 4.69) is 0 Å². The van der Waals surface area contributed by atoms with Gasteiger partial charge in [0.25, 0.3) is 0 Å². The Hall–Kier alpha value is -1.10. The van der Waals surface area contributed by atoms with Gasteiger partial charge in [-0.25, -0.2) is 0 Å². The second-order valence-corrected chi connectivity index (χ2v) is 3.51. The Morgan fingerprint density at radius 1 is 1.47 bits per heavy atom. The first-order valence-corrected chi connectivity index (χ1v) is 4.70. The molecule has 1 aromatic rings. The van der Waals surface area contributed by atoms with E-state index < -0.39 is 18.1 Å². The molecule has 1 rings (SSSR count). The quantitative estimate of drug-likeness (QED) is 0.820. The third-order valence-corrected chi connectivity index (χ3v) is 2.32. The highest BCUT2D eigenvalue weighted by molar-refractivity contribution is 6.30. The molecule has 0 bridgehead atoms. The molecule has 0 spiro atoms. The number of hydrogen-bond acceptors (Lipinski definition) is 3. The van der Waals surface area contributed by atoms with Crippen LogP contribution in [0, 0.1) is 0 Å². The average Bonchev–Trinajstić information content (AvgIpc) is 2.21. The number of halogens is 1. The summed E-state index contributed by atoms with van der Waals surface area (Å²) in [5.74, 6) is -1.10. The van der Waals surface area contributed by atoms with Crippen molar-refractivity contribution in [2.75, 3.05) is 7.11 Å². The number of carboxylic acids is 1. The lowest BCUT2D eigenvalue weighted by Gasteiger charge is -2.19. The molecule has 0 aliphatic rings. The molecule has 0 heterocycles. The van der Waals surface area contributed by atoms with E-state index in [9.17, 15) is 4.79 Å². The number of benzene rings is 1. The van der Waals surface area contributed by atoms with Crippen LogP contribution < -0.4 is 5.73 Å². The summed E-state index contributed by atoms with van der Waals surface area (Å²) >= 11 is 5.71. The highest BCUT2D eigenvalue weighted by atomic mass is 35.5. The molecule has 0 aliphatic heterocycles. The highest BCUT2D eigenvalue weighted by Crippen LogP contribution is 2.21. The zero-order valence-corrected chi connectivity index (χ0v) is 8.94. The maximum Gasteiger partial charge on any atom is 0.323 e. The van der Waals surface area contributed by atoms with Crippen molar-refractivity contribution in [2.24, 2.45) is 5.73 Å². The van der Waals surface area contributed by atoms with Crippen molar-refractivity contribution in [3.05, 3.63) is 34.9 Å². The fourth-order valence-corrected chi connectivity index (χ4v) is 1.40. The van der Waals surface area contributed by atoms with Crippen LogP contribution in [0.4, 0.5) is 0 Å². The number of ether oxygens (including phenoxy) is 1. The zero-order chi connectivity index (χ0) is 11.4. The van der Waals surface area contributed by atoms with Gasteiger partial charge in [0.1, 0.15) is 12.1 Å². The summed E-state index contributed by atoms with van der Waals surface area (Å²) in [6, 6.07) is 5.63. The average molecular weight is 230 g/mol. The minimum atomic E-state index is -1.10. The number of rotatable bonds is 4. The molecule has 0 unspecified atom stereocenters. The third kappa shape index (κ3) is 2.92. The van der Waals surface area contributed by atoms with Gasteiger partial charge in [0.2, 0.25) is 0 Å². The number of carbonyl (C=O) groups is 1. The summed E-state index contributed by atoms with van der Waals surface area (Å²) in [7, 11) is 1.42. The van der Waals surface area contributed by atoms with Gasteiger partial charge in [-0.2, -0.15) is 0 Å². The van der Waals surface area contributed by atoms with E-state index in [1.54, 1.807) is 24.3 Å². The van der Waals surface area contributed by atoms with Crippen LogP contribution in [-0.4, -0.2) is 24.2 Å². The summed E-state index contributed by atoms with van der Waals surface area (Å²) in [6.45, 7) is 0. The minimum Gasteiger partial charge on any atom is -0.480 e. The number of aliphatic carboxylic acids is 1. The number of hydrogen-bond donors (Lipinski definition) is 2. The molecule has 15 heavy (non-hydrogen) atoms. The Morgan fingerprint density at radius 2 is 2.00 bits per heavy atom. The predicted molar refractivity (Wildman–Crippen MR) is 56.8 cm³/mol. The normalized spacial score (nSPS) is 14.6. The molecular formula is C10H12ClNO3. The topological polar surface area (TPSA) is 72.5 Å². The lowest BCUT2D eigenvalue weighted by Crippen LogP contribution is -2.37. The molecule has 0 aromatic heterocycles. The van der Waals surface area contributed by atoms with Gasteiger partial charge in [0, 0.05) is 12.1 Å². The SMILES string of the molecule is CO[C@H](c1ccc(Cl)cc1)[C@@H](N)C(=O)O. The van der Waals surface area contributed by atoms with Gasteiger partial charge in [-0.05, 0) is 17.7 Å². The highest BCUT2D eigenvalue weighted by Gasteiger charge is 2.25. The summed E-state index contributed by atoms with van der Waals surface area (Å²) in [5.41, 5.74) is 6.18. The van der Waals surface area contributed by atoms with E-state index >= 15 is 0 Å². The molecule has 0 radical (unpaired) electrons. The van der Waals surface area contributed by atoms with Crippen molar-refractivity contribution in [1.29, 1.82) is 0 Å². The molecule has 3 N–H and O–H groups in total. The Bertz CT molecular complexity index is 339. The molecule has 1 aromatic carbocycles. The predicted octanol–water partition coefficient (Wildman–Crippen LogP) is 1.44. The van der Waals surface area contributed by atoms with Gasteiger partial charge >= 0.3 is 5.97 Å². The van der Waals surface area contributed by atoms with Crippen molar-refractivity contribution in [3.8, 4) is 0 Å². The molecule has 0 saturated carbocycles. The second kappa shape index (κ2) is 5.11. The van der Waals surface area contributed by atoms with Crippen molar-refractivity contribution in [3.63, 3.8) is 0 Å². The lowest BCUT2D eigenvalue weighted by atomic mass is 10.0. The summed E-state index contributed by atoms with van der Waals surface area (Å²) in [6.07, 6.45) is -0.667. The maximum atomic E-state index is 10.7. The van der Waals surface area contributed by atoms with Crippen molar-refractivity contribution < 1.29 is 14.6 Å². The van der Waals surface area contributed by atoms with Crippen LogP contribution in [0.5, 0.6) is 0 Å².